The summed E-state index contributed by atoms with van der Waals surface area (Å²) in [5.41, 5.74) is -0.449. The molecule has 1 saturated carbocycles. The van der Waals surface area contributed by atoms with E-state index in [0.29, 0.717) is 12.6 Å². The lowest BCUT2D eigenvalue weighted by atomic mass is 9.86. The van der Waals surface area contributed by atoms with Crippen molar-refractivity contribution >= 4 is 6.09 Å². The van der Waals surface area contributed by atoms with Crippen LogP contribution in [0, 0.1) is 0 Å². The molecule has 3 N–H and O–H groups in total. The molecule has 1 aliphatic rings. The van der Waals surface area contributed by atoms with Gasteiger partial charge in [-0.1, -0.05) is 13.3 Å². The predicted octanol–water partition coefficient (Wildman–Crippen LogP) is 1.79. The summed E-state index contributed by atoms with van der Waals surface area (Å²) >= 11 is 0. The number of carbonyl (C=O) groups is 1. The van der Waals surface area contributed by atoms with Crippen LogP contribution in [0.4, 0.5) is 4.79 Å². The summed E-state index contributed by atoms with van der Waals surface area (Å²) in [6.45, 7) is 8.26. The van der Waals surface area contributed by atoms with Gasteiger partial charge in [0, 0.05) is 18.6 Å². The van der Waals surface area contributed by atoms with Gasteiger partial charge in [-0.3, -0.25) is 0 Å². The van der Waals surface area contributed by atoms with E-state index >= 15 is 0 Å². The van der Waals surface area contributed by atoms with Crippen LogP contribution in [0.5, 0.6) is 0 Å². The molecule has 112 valence electrons. The van der Waals surface area contributed by atoms with Gasteiger partial charge < -0.3 is 20.5 Å². The van der Waals surface area contributed by atoms with E-state index in [-0.39, 0.29) is 18.2 Å². The molecule has 1 fully saturated rings. The van der Waals surface area contributed by atoms with E-state index in [2.05, 4.69) is 17.6 Å². The van der Waals surface area contributed by atoms with Gasteiger partial charge in [0.05, 0.1) is 6.10 Å². The second-order valence-corrected chi connectivity index (χ2v) is 6.36. The van der Waals surface area contributed by atoms with Crippen LogP contribution < -0.4 is 10.6 Å². The van der Waals surface area contributed by atoms with Crippen molar-refractivity contribution in [2.45, 2.75) is 77.2 Å². The molecule has 0 bridgehead atoms. The molecule has 0 spiro atoms. The number of ether oxygens (including phenoxy) is 1. The molecule has 0 aromatic heterocycles. The standard InChI is InChI=1S/C14H28N2O3/c1-5-6-12(17)9-15-10-7-11(8-10)16-13(18)19-14(2,3)4/h10-12,15,17H,5-9H2,1-4H3,(H,16,18). The number of alkyl carbamates (subject to hydrolysis) is 1. The van der Waals surface area contributed by atoms with Gasteiger partial charge in [0.2, 0.25) is 0 Å². The van der Waals surface area contributed by atoms with E-state index in [1.54, 1.807) is 0 Å². The molecule has 0 radical (unpaired) electrons. The van der Waals surface area contributed by atoms with E-state index in [9.17, 15) is 9.90 Å². The number of nitrogens with one attached hydrogen (secondary N) is 2. The van der Waals surface area contributed by atoms with Gasteiger partial charge >= 0.3 is 6.09 Å². The predicted molar refractivity (Wildman–Crippen MR) is 75.1 cm³/mol. The molecule has 1 unspecified atom stereocenters. The number of carbonyl (C=O) groups excluding carboxylic acids is 1. The second kappa shape index (κ2) is 7.10. The maximum Gasteiger partial charge on any atom is 0.407 e. The minimum atomic E-state index is -0.449. The average molecular weight is 272 g/mol. The van der Waals surface area contributed by atoms with Crippen LogP contribution in [-0.4, -0.2) is 41.5 Å². The fourth-order valence-electron chi connectivity index (χ4n) is 2.11. The zero-order chi connectivity index (χ0) is 14.5. The van der Waals surface area contributed by atoms with Gasteiger partial charge in [-0.25, -0.2) is 4.79 Å². The molecular weight excluding hydrogens is 244 g/mol. The van der Waals surface area contributed by atoms with Crippen LogP contribution in [0.2, 0.25) is 0 Å². The summed E-state index contributed by atoms with van der Waals surface area (Å²) < 4.78 is 5.20. The molecule has 0 aromatic carbocycles. The third kappa shape index (κ3) is 6.78. The van der Waals surface area contributed by atoms with Crippen molar-refractivity contribution in [3.05, 3.63) is 0 Å². The SMILES string of the molecule is CCCC(O)CNC1CC(NC(=O)OC(C)(C)C)C1. The fourth-order valence-corrected chi connectivity index (χ4v) is 2.11. The van der Waals surface area contributed by atoms with Crippen LogP contribution in [-0.2, 0) is 4.74 Å². The van der Waals surface area contributed by atoms with Crippen molar-refractivity contribution in [1.29, 1.82) is 0 Å². The van der Waals surface area contributed by atoms with Gasteiger partial charge in [0.1, 0.15) is 5.60 Å². The normalized spacial score (nSPS) is 24.5. The van der Waals surface area contributed by atoms with Crippen LogP contribution in [0.15, 0.2) is 0 Å². The summed E-state index contributed by atoms with van der Waals surface area (Å²) in [5, 5.41) is 15.8. The van der Waals surface area contributed by atoms with Crippen molar-refractivity contribution in [2.75, 3.05) is 6.54 Å². The number of aliphatic hydroxyl groups excluding tert-OH is 1. The molecule has 1 amide bonds. The number of amides is 1. The molecular formula is C14H28N2O3. The minimum absolute atomic E-state index is 0.190. The Hall–Kier alpha value is -0.810. The number of hydrogen-bond donors (Lipinski definition) is 3. The Morgan fingerprint density at radius 2 is 2.00 bits per heavy atom. The lowest BCUT2D eigenvalue weighted by molar-refractivity contribution is 0.0460. The Morgan fingerprint density at radius 3 is 2.53 bits per heavy atom. The topological polar surface area (TPSA) is 70.6 Å². The molecule has 0 aliphatic heterocycles. The number of hydrogen-bond acceptors (Lipinski definition) is 4. The molecule has 1 atom stereocenters. The lowest BCUT2D eigenvalue weighted by Crippen LogP contribution is -2.54. The van der Waals surface area contributed by atoms with Crippen LogP contribution in [0.1, 0.15) is 53.4 Å². The summed E-state index contributed by atoms with van der Waals surface area (Å²) in [7, 11) is 0. The van der Waals surface area contributed by atoms with Crippen molar-refractivity contribution in [3.63, 3.8) is 0 Å². The zero-order valence-corrected chi connectivity index (χ0v) is 12.5. The summed E-state index contributed by atoms with van der Waals surface area (Å²) in [6, 6.07) is 0.585. The fraction of sp³-hybridized carbons (Fsp3) is 0.929. The van der Waals surface area contributed by atoms with E-state index in [4.69, 9.17) is 4.74 Å². The van der Waals surface area contributed by atoms with Gasteiger partial charge in [-0.05, 0) is 40.0 Å². The highest BCUT2D eigenvalue weighted by Crippen LogP contribution is 2.20. The van der Waals surface area contributed by atoms with Crippen molar-refractivity contribution in [3.8, 4) is 0 Å². The first-order valence-corrected chi connectivity index (χ1v) is 7.21. The molecule has 1 aliphatic carbocycles. The Kier molecular flexibility index (Phi) is 6.07. The number of rotatable bonds is 6. The smallest absolute Gasteiger partial charge is 0.407 e. The summed E-state index contributed by atoms with van der Waals surface area (Å²) in [5.74, 6) is 0. The zero-order valence-electron chi connectivity index (χ0n) is 12.5. The third-order valence-corrected chi connectivity index (χ3v) is 3.12. The van der Waals surface area contributed by atoms with E-state index in [1.165, 1.54) is 0 Å². The highest BCUT2D eigenvalue weighted by atomic mass is 16.6. The van der Waals surface area contributed by atoms with E-state index in [0.717, 1.165) is 25.7 Å². The van der Waals surface area contributed by atoms with Gasteiger partial charge in [-0.15, -0.1) is 0 Å². The lowest BCUT2D eigenvalue weighted by Gasteiger charge is -2.37. The minimum Gasteiger partial charge on any atom is -0.444 e. The van der Waals surface area contributed by atoms with Crippen molar-refractivity contribution < 1.29 is 14.6 Å². The quantitative estimate of drug-likeness (QED) is 0.689. The Morgan fingerprint density at radius 1 is 1.37 bits per heavy atom. The van der Waals surface area contributed by atoms with Gasteiger partial charge in [0.15, 0.2) is 0 Å². The first-order chi connectivity index (χ1) is 8.80. The van der Waals surface area contributed by atoms with Crippen LogP contribution >= 0.6 is 0 Å². The Balaban J connectivity index is 2.08. The summed E-state index contributed by atoms with van der Waals surface area (Å²) in [4.78, 5) is 11.5. The maximum absolute atomic E-state index is 11.5. The molecule has 0 aromatic rings. The molecule has 5 heteroatoms. The average Bonchev–Trinajstić information content (AvgIpc) is 2.18. The molecule has 5 nitrogen and oxygen atoms in total. The van der Waals surface area contributed by atoms with Gasteiger partial charge in [0.25, 0.3) is 0 Å². The Bertz CT molecular complexity index is 283. The number of aliphatic hydroxyl groups is 1. The maximum atomic E-state index is 11.5. The van der Waals surface area contributed by atoms with Crippen molar-refractivity contribution in [1.82, 2.24) is 10.6 Å². The highest BCUT2D eigenvalue weighted by molar-refractivity contribution is 5.68. The third-order valence-electron chi connectivity index (χ3n) is 3.12. The van der Waals surface area contributed by atoms with Gasteiger partial charge in [-0.2, -0.15) is 0 Å². The molecule has 19 heavy (non-hydrogen) atoms. The largest absolute Gasteiger partial charge is 0.444 e. The van der Waals surface area contributed by atoms with Crippen LogP contribution in [0.25, 0.3) is 0 Å². The van der Waals surface area contributed by atoms with E-state index < -0.39 is 5.60 Å². The monoisotopic (exact) mass is 272 g/mol. The summed E-state index contributed by atoms with van der Waals surface area (Å²) in [6.07, 6.45) is 3.02. The second-order valence-electron chi connectivity index (χ2n) is 6.36. The first-order valence-electron chi connectivity index (χ1n) is 7.21. The van der Waals surface area contributed by atoms with E-state index in [1.807, 2.05) is 20.8 Å². The molecule has 0 saturated heterocycles. The molecule has 0 heterocycles. The first kappa shape index (κ1) is 16.2. The molecule has 1 rings (SSSR count). The van der Waals surface area contributed by atoms with Crippen LogP contribution in [0.3, 0.4) is 0 Å². The van der Waals surface area contributed by atoms with Crippen molar-refractivity contribution in [2.24, 2.45) is 0 Å². The Labute approximate surface area is 116 Å². The highest BCUT2D eigenvalue weighted by Gasteiger charge is 2.31.